The summed E-state index contributed by atoms with van der Waals surface area (Å²) in [5.41, 5.74) is 3.08. The molecule has 1 fully saturated rings. The van der Waals surface area contributed by atoms with E-state index in [9.17, 15) is 0 Å². The first-order valence-electron chi connectivity index (χ1n) is 9.89. The fraction of sp³-hybridized carbons (Fsp3) is 0.524. The van der Waals surface area contributed by atoms with Gasteiger partial charge in [-0.1, -0.05) is 31.0 Å². The summed E-state index contributed by atoms with van der Waals surface area (Å²) in [5.74, 6) is 1.45. The molecule has 28 heavy (non-hydrogen) atoms. The molecule has 0 saturated carbocycles. The number of piperidine rings is 1. The summed E-state index contributed by atoms with van der Waals surface area (Å²) < 4.78 is 5.62. The van der Waals surface area contributed by atoms with Crippen molar-refractivity contribution in [2.24, 2.45) is 4.99 Å². The number of hydrogen-bond acceptors (Lipinski definition) is 4. The van der Waals surface area contributed by atoms with Gasteiger partial charge in [0, 0.05) is 25.2 Å². The molecule has 2 N–H and O–H groups in total. The van der Waals surface area contributed by atoms with Crippen LogP contribution in [0.4, 0.5) is 0 Å². The summed E-state index contributed by atoms with van der Waals surface area (Å²) in [6.45, 7) is 8.12. The van der Waals surface area contributed by atoms with Gasteiger partial charge in [-0.25, -0.2) is 4.98 Å². The van der Waals surface area contributed by atoms with E-state index in [1.54, 1.807) is 13.3 Å². The number of likely N-dealkylation sites (tertiary alicyclic amines) is 1. The molecule has 0 aliphatic carbocycles. The van der Waals surface area contributed by atoms with Crippen LogP contribution < -0.4 is 10.6 Å². The van der Waals surface area contributed by atoms with Crippen molar-refractivity contribution in [3.63, 3.8) is 0 Å². The van der Waals surface area contributed by atoms with Gasteiger partial charge in [0.1, 0.15) is 6.26 Å². The molecule has 6 nitrogen and oxygen atoms in total. The monoisotopic (exact) mass is 497 g/mol. The minimum atomic E-state index is 0. The third-order valence-corrected chi connectivity index (χ3v) is 5.17. The summed E-state index contributed by atoms with van der Waals surface area (Å²) in [4.78, 5) is 11.5. The van der Waals surface area contributed by atoms with Crippen molar-refractivity contribution in [3.8, 4) is 11.5 Å². The van der Waals surface area contributed by atoms with Gasteiger partial charge >= 0.3 is 0 Å². The number of nitrogens with one attached hydrogen (secondary N) is 2. The molecule has 0 bridgehead atoms. The summed E-state index contributed by atoms with van der Waals surface area (Å²) in [6.07, 6.45) is 5.58. The maximum absolute atomic E-state index is 5.62. The van der Waals surface area contributed by atoms with Crippen LogP contribution in [-0.2, 0) is 6.54 Å². The topological polar surface area (TPSA) is 65.7 Å². The van der Waals surface area contributed by atoms with E-state index in [0.717, 1.165) is 30.3 Å². The lowest BCUT2D eigenvalue weighted by Crippen LogP contribution is -2.48. The number of hydrogen-bond donors (Lipinski definition) is 2. The van der Waals surface area contributed by atoms with Crippen LogP contribution in [0.3, 0.4) is 0 Å². The Labute approximate surface area is 185 Å². The van der Waals surface area contributed by atoms with E-state index < -0.39 is 0 Å². The minimum Gasteiger partial charge on any atom is -0.444 e. The molecule has 1 atom stereocenters. The zero-order chi connectivity index (χ0) is 19.1. The number of aryl methyl sites for hydroxylation is 1. The van der Waals surface area contributed by atoms with Gasteiger partial charge in [-0.15, -0.1) is 24.0 Å². The molecule has 0 amide bonds. The van der Waals surface area contributed by atoms with Gasteiger partial charge < -0.3 is 15.1 Å². The van der Waals surface area contributed by atoms with Crippen molar-refractivity contribution < 1.29 is 4.42 Å². The standard InChI is InChI=1S/C21H31N5O.HI/c1-4-26-12-6-5-7-19(26)14-24-21(22-3)23-13-18-15-27-20(25-18)17-10-8-16(2)9-11-17;/h8-11,15,19H,4-7,12-14H2,1-3H3,(H2,22,23,24);1H. The Morgan fingerprint density at radius 1 is 1.25 bits per heavy atom. The van der Waals surface area contributed by atoms with E-state index in [1.807, 2.05) is 12.1 Å². The van der Waals surface area contributed by atoms with Crippen molar-refractivity contribution >= 4 is 29.9 Å². The van der Waals surface area contributed by atoms with Gasteiger partial charge in [0.2, 0.25) is 5.89 Å². The highest BCUT2D eigenvalue weighted by Gasteiger charge is 2.20. The van der Waals surface area contributed by atoms with E-state index in [2.05, 4.69) is 51.5 Å². The number of aromatic nitrogens is 1. The Kier molecular flexibility index (Phi) is 9.24. The lowest BCUT2D eigenvalue weighted by molar-refractivity contribution is 0.157. The van der Waals surface area contributed by atoms with E-state index in [-0.39, 0.29) is 24.0 Å². The number of nitrogens with zero attached hydrogens (tertiary/aromatic N) is 3. The second kappa shape index (κ2) is 11.4. The van der Waals surface area contributed by atoms with Crippen molar-refractivity contribution in [1.29, 1.82) is 0 Å². The fourth-order valence-electron chi connectivity index (χ4n) is 3.53. The average Bonchev–Trinajstić information content (AvgIpc) is 3.18. The predicted molar refractivity (Wildman–Crippen MR) is 125 cm³/mol. The minimum absolute atomic E-state index is 0. The molecule has 0 spiro atoms. The van der Waals surface area contributed by atoms with Gasteiger partial charge in [0.25, 0.3) is 0 Å². The maximum Gasteiger partial charge on any atom is 0.226 e. The molecule has 1 aromatic heterocycles. The zero-order valence-electron chi connectivity index (χ0n) is 17.1. The van der Waals surface area contributed by atoms with Gasteiger partial charge in [-0.2, -0.15) is 0 Å². The van der Waals surface area contributed by atoms with Crippen molar-refractivity contribution in [3.05, 3.63) is 41.8 Å². The SMILES string of the molecule is CCN1CCCCC1CNC(=NC)NCc1coc(-c2ccc(C)cc2)n1.I. The van der Waals surface area contributed by atoms with Crippen LogP contribution >= 0.6 is 24.0 Å². The molecular formula is C21H32IN5O. The van der Waals surface area contributed by atoms with Gasteiger partial charge in [-0.3, -0.25) is 9.89 Å². The molecule has 154 valence electrons. The Bertz CT molecular complexity index is 744. The highest BCUT2D eigenvalue weighted by Crippen LogP contribution is 2.19. The van der Waals surface area contributed by atoms with E-state index in [4.69, 9.17) is 4.42 Å². The first-order valence-corrected chi connectivity index (χ1v) is 9.89. The van der Waals surface area contributed by atoms with E-state index >= 15 is 0 Å². The van der Waals surface area contributed by atoms with Crippen molar-refractivity contribution in [2.45, 2.75) is 45.7 Å². The highest BCUT2D eigenvalue weighted by atomic mass is 127. The number of halogens is 1. The Morgan fingerprint density at radius 3 is 2.75 bits per heavy atom. The molecule has 1 aromatic carbocycles. The lowest BCUT2D eigenvalue weighted by atomic mass is 10.0. The summed E-state index contributed by atoms with van der Waals surface area (Å²) in [7, 11) is 1.80. The summed E-state index contributed by atoms with van der Waals surface area (Å²) >= 11 is 0. The Balaban J connectivity index is 0.00000280. The van der Waals surface area contributed by atoms with Crippen LogP contribution in [0, 0.1) is 6.92 Å². The number of guanidine groups is 1. The molecule has 2 heterocycles. The fourth-order valence-corrected chi connectivity index (χ4v) is 3.53. The van der Waals surface area contributed by atoms with Gasteiger partial charge in [0.15, 0.2) is 5.96 Å². The third kappa shape index (κ3) is 6.20. The molecule has 7 heteroatoms. The van der Waals surface area contributed by atoms with Crippen molar-refractivity contribution in [1.82, 2.24) is 20.5 Å². The number of rotatable bonds is 6. The number of oxazole rings is 1. The molecule has 1 aliphatic rings. The quantitative estimate of drug-likeness (QED) is 0.361. The normalized spacial score (nSPS) is 17.8. The smallest absolute Gasteiger partial charge is 0.226 e. The number of aliphatic imine (C=N–C) groups is 1. The van der Waals surface area contributed by atoms with Crippen LogP contribution in [0.1, 0.15) is 37.4 Å². The molecular weight excluding hydrogens is 465 g/mol. The van der Waals surface area contributed by atoms with Crippen LogP contribution in [0.5, 0.6) is 0 Å². The number of benzene rings is 1. The van der Waals surface area contributed by atoms with E-state index in [0.29, 0.717) is 18.5 Å². The van der Waals surface area contributed by atoms with Crippen LogP contribution in [0.15, 0.2) is 39.9 Å². The van der Waals surface area contributed by atoms with Crippen LogP contribution in [0.2, 0.25) is 0 Å². The highest BCUT2D eigenvalue weighted by molar-refractivity contribution is 14.0. The van der Waals surface area contributed by atoms with Gasteiger partial charge in [0.05, 0.1) is 12.2 Å². The van der Waals surface area contributed by atoms with Crippen LogP contribution in [-0.4, -0.2) is 48.6 Å². The molecule has 3 rings (SSSR count). The Morgan fingerprint density at radius 2 is 2.04 bits per heavy atom. The first kappa shape index (κ1) is 22.7. The molecule has 1 unspecified atom stereocenters. The molecule has 0 radical (unpaired) electrons. The molecule has 2 aromatic rings. The largest absolute Gasteiger partial charge is 0.444 e. The summed E-state index contributed by atoms with van der Waals surface area (Å²) in [6, 6.07) is 8.77. The van der Waals surface area contributed by atoms with Gasteiger partial charge in [-0.05, 0) is 45.0 Å². The zero-order valence-corrected chi connectivity index (χ0v) is 19.4. The lowest BCUT2D eigenvalue weighted by Gasteiger charge is -2.35. The maximum atomic E-state index is 5.62. The van der Waals surface area contributed by atoms with E-state index in [1.165, 1.54) is 31.4 Å². The second-order valence-electron chi connectivity index (χ2n) is 7.09. The van der Waals surface area contributed by atoms with Crippen molar-refractivity contribution in [2.75, 3.05) is 26.7 Å². The number of likely N-dealkylation sites (N-methyl/N-ethyl adjacent to an activating group) is 1. The second-order valence-corrected chi connectivity index (χ2v) is 7.09. The first-order chi connectivity index (χ1) is 13.2. The summed E-state index contributed by atoms with van der Waals surface area (Å²) in [5, 5.41) is 6.79. The van der Waals surface area contributed by atoms with Crippen LogP contribution in [0.25, 0.3) is 11.5 Å². The molecule has 1 aliphatic heterocycles. The third-order valence-electron chi connectivity index (χ3n) is 5.17. The average molecular weight is 497 g/mol. The predicted octanol–water partition coefficient (Wildman–Crippen LogP) is 3.81. The Hall–Kier alpha value is -1.61. The molecule has 1 saturated heterocycles.